The number of aliphatic hydroxyl groups is 1. The molecule has 2 saturated carbocycles. The third kappa shape index (κ3) is 4.59. The van der Waals surface area contributed by atoms with Gasteiger partial charge in [0.1, 0.15) is 18.3 Å². The van der Waals surface area contributed by atoms with Crippen molar-refractivity contribution in [3.63, 3.8) is 0 Å². The number of methoxy groups -OCH3 is 1. The van der Waals surface area contributed by atoms with Crippen LogP contribution >= 0.6 is 0 Å². The predicted octanol–water partition coefficient (Wildman–Crippen LogP) is 3.05. The Morgan fingerprint density at radius 1 is 0.976 bits per heavy atom. The van der Waals surface area contributed by atoms with Gasteiger partial charge in [0.05, 0.1) is 18.1 Å². The molecule has 1 heterocycles. The summed E-state index contributed by atoms with van der Waals surface area (Å²) in [5.74, 6) is -3.61. The summed E-state index contributed by atoms with van der Waals surface area (Å²) in [5.41, 5.74) is -2.67. The van der Waals surface area contributed by atoms with Crippen molar-refractivity contribution in [2.24, 2.45) is 29.1 Å². The molecule has 0 radical (unpaired) electrons. The molecule has 10 atom stereocenters. The first-order valence-electron chi connectivity index (χ1n) is 14.5. The Morgan fingerprint density at radius 2 is 1.60 bits per heavy atom. The van der Waals surface area contributed by atoms with Crippen molar-refractivity contribution in [1.82, 2.24) is 0 Å². The summed E-state index contributed by atoms with van der Waals surface area (Å²) < 4.78 is 30.1. The van der Waals surface area contributed by atoms with Crippen molar-refractivity contribution in [2.75, 3.05) is 13.7 Å². The highest BCUT2D eigenvalue weighted by Crippen LogP contribution is 2.68. The van der Waals surface area contributed by atoms with Gasteiger partial charge in [-0.3, -0.25) is 14.4 Å². The van der Waals surface area contributed by atoms with Crippen molar-refractivity contribution in [3.8, 4) is 0 Å². The van der Waals surface area contributed by atoms with Crippen LogP contribution in [-0.2, 0) is 38.1 Å². The van der Waals surface area contributed by atoms with Crippen molar-refractivity contribution < 1.29 is 48.0 Å². The standard InChI is InChI=1S/C32H40O10/c1-16-13-31-27(36)17(2)24(39-18(3)34)22-23(30(22,5)6)26(38-7)25(41-29(37)20-11-9-8-10-12-20)21(15-33)14-32(31,42-31)28(16)40-19(4)35/h8-12,14,16-17,22-26,28,33H,13,15H2,1-7H3/b21-14+/t16-,17+,22-,23+,24-,25+,26+,28-,31-,32-/m0/s1. The van der Waals surface area contributed by atoms with Crippen molar-refractivity contribution in [2.45, 2.75) is 83.6 Å². The zero-order valence-corrected chi connectivity index (χ0v) is 25.1. The summed E-state index contributed by atoms with van der Waals surface area (Å²) in [6.45, 7) is 9.65. The third-order valence-electron chi connectivity index (χ3n) is 9.85. The van der Waals surface area contributed by atoms with Crippen LogP contribution in [0.15, 0.2) is 42.0 Å². The topological polar surface area (TPSA) is 138 Å². The van der Waals surface area contributed by atoms with Gasteiger partial charge in [0.2, 0.25) is 0 Å². The lowest BCUT2D eigenvalue weighted by molar-refractivity contribution is -0.154. The van der Waals surface area contributed by atoms with Gasteiger partial charge in [-0.05, 0) is 41.5 Å². The molecule has 0 bridgehead atoms. The number of aliphatic hydroxyl groups excluding tert-OH is 1. The molecule has 0 unspecified atom stereocenters. The molecule has 1 aromatic rings. The molecule has 1 aromatic carbocycles. The van der Waals surface area contributed by atoms with Gasteiger partial charge in [0.25, 0.3) is 0 Å². The Kier molecular flexibility index (Phi) is 7.65. The summed E-state index contributed by atoms with van der Waals surface area (Å²) in [7, 11) is 1.50. The quantitative estimate of drug-likeness (QED) is 0.230. The SMILES string of the molecule is CO[C@@H]1[C@H]2[C@@H]([C@@H](OC(C)=O)[C@@H](C)C(=O)[C@@]34C[C@H](C)[C@H](OC(C)=O)[C@]3(/C=C(\CO)[C@H]1OC(=O)c1ccccc1)O4)C2(C)C. The molecular formula is C32H40O10. The zero-order chi connectivity index (χ0) is 30.8. The number of hydrogen-bond donors (Lipinski definition) is 1. The minimum absolute atomic E-state index is 0.260. The Hall–Kier alpha value is -3.08. The van der Waals surface area contributed by atoms with E-state index < -0.39 is 71.5 Å². The van der Waals surface area contributed by atoms with E-state index in [1.165, 1.54) is 21.0 Å². The van der Waals surface area contributed by atoms with Crippen LogP contribution in [0.5, 0.6) is 0 Å². The Bertz CT molecular complexity index is 1300. The van der Waals surface area contributed by atoms with Crippen LogP contribution < -0.4 is 0 Å². The molecule has 0 amide bonds. The summed E-state index contributed by atoms with van der Waals surface area (Å²) in [6, 6.07) is 8.47. The number of Topliss-reactive ketones (excluding diaryl/α,β-unsaturated/α-hetero) is 1. The first kappa shape index (κ1) is 30.4. The van der Waals surface area contributed by atoms with Crippen molar-refractivity contribution >= 4 is 23.7 Å². The number of fused-ring (bicyclic) bond motifs is 1. The fraction of sp³-hybridized carbons (Fsp3) is 0.625. The molecule has 1 N–H and O–H groups in total. The fourth-order valence-electron chi connectivity index (χ4n) is 7.92. The van der Waals surface area contributed by atoms with Crippen LogP contribution in [0.1, 0.15) is 58.3 Å². The van der Waals surface area contributed by atoms with Crippen molar-refractivity contribution in [3.05, 3.63) is 47.5 Å². The molecule has 4 aliphatic rings. The second-order valence-corrected chi connectivity index (χ2v) is 12.8. The van der Waals surface area contributed by atoms with E-state index in [4.69, 9.17) is 23.7 Å². The molecule has 3 aliphatic carbocycles. The lowest BCUT2D eigenvalue weighted by Crippen LogP contribution is -2.43. The van der Waals surface area contributed by atoms with E-state index in [1.54, 1.807) is 43.3 Å². The van der Waals surface area contributed by atoms with Crippen LogP contribution in [-0.4, -0.2) is 78.1 Å². The van der Waals surface area contributed by atoms with E-state index in [0.29, 0.717) is 5.56 Å². The maximum atomic E-state index is 14.4. The Balaban J connectivity index is 1.69. The number of benzene rings is 1. The maximum absolute atomic E-state index is 14.4. The van der Waals surface area contributed by atoms with E-state index in [-0.39, 0.29) is 35.5 Å². The average molecular weight is 585 g/mol. The first-order valence-corrected chi connectivity index (χ1v) is 14.5. The lowest BCUT2D eigenvalue weighted by atomic mass is 9.80. The highest BCUT2D eigenvalue weighted by atomic mass is 16.7. The van der Waals surface area contributed by atoms with Crippen LogP contribution in [0.4, 0.5) is 0 Å². The molecule has 0 aromatic heterocycles. The molecule has 10 heteroatoms. The summed E-state index contributed by atoms with van der Waals surface area (Å²) in [4.78, 5) is 52.3. The van der Waals surface area contributed by atoms with E-state index in [2.05, 4.69) is 0 Å². The number of rotatable bonds is 6. The number of epoxide rings is 1. The molecule has 5 rings (SSSR count). The maximum Gasteiger partial charge on any atom is 0.338 e. The largest absolute Gasteiger partial charge is 0.461 e. The van der Waals surface area contributed by atoms with E-state index in [0.717, 1.165) is 0 Å². The number of hydrogen-bond acceptors (Lipinski definition) is 10. The van der Waals surface area contributed by atoms with Gasteiger partial charge in [-0.1, -0.05) is 45.9 Å². The fourth-order valence-corrected chi connectivity index (χ4v) is 7.92. The molecule has 42 heavy (non-hydrogen) atoms. The number of esters is 3. The summed E-state index contributed by atoms with van der Waals surface area (Å²) in [6.07, 6.45) is -1.64. The van der Waals surface area contributed by atoms with Gasteiger partial charge in [0, 0.05) is 32.8 Å². The molecule has 1 aliphatic heterocycles. The minimum atomic E-state index is -1.40. The first-order chi connectivity index (χ1) is 19.8. The Labute approximate surface area is 245 Å². The highest BCUT2D eigenvalue weighted by molar-refractivity contribution is 5.96. The van der Waals surface area contributed by atoms with Gasteiger partial charge in [0.15, 0.2) is 23.1 Å². The second-order valence-electron chi connectivity index (χ2n) is 12.8. The average Bonchev–Trinajstić information content (AvgIpc) is 3.73. The van der Waals surface area contributed by atoms with Crippen LogP contribution in [0, 0.1) is 29.1 Å². The Morgan fingerprint density at radius 3 is 2.17 bits per heavy atom. The summed E-state index contributed by atoms with van der Waals surface area (Å²) in [5, 5.41) is 10.8. The monoisotopic (exact) mass is 584 g/mol. The van der Waals surface area contributed by atoms with E-state index in [1.807, 2.05) is 20.8 Å². The number of carbonyl (C=O) groups is 4. The predicted molar refractivity (Wildman–Crippen MR) is 148 cm³/mol. The normalized spacial score (nSPS) is 41.0. The van der Waals surface area contributed by atoms with Gasteiger partial charge in [-0.15, -0.1) is 0 Å². The van der Waals surface area contributed by atoms with E-state index in [9.17, 15) is 24.3 Å². The molecule has 3 fully saturated rings. The molecule has 1 saturated heterocycles. The van der Waals surface area contributed by atoms with Crippen molar-refractivity contribution in [1.29, 1.82) is 0 Å². The molecule has 228 valence electrons. The van der Waals surface area contributed by atoms with Crippen LogP contribution in [0.2, 0.25) is 0 Å². The van der Waals surface area contributed by atoms with E-state index >= 15 is 0 Å². The van der Waals surface area contributed by atoms with Gasteiger partial charge >= 0.3 is 17.9 Å². The minimum Gasteiger partial charge on any atom is -0.461 e. The number of ketones is 1. The smallest absolute Gasteiger partial charge is 0.338 e. The third-order valence-corrected chi connectivity index (χ3v) is 9.85. The molecule has 10 nitrogen and oxygen atoms in total. The number of ether oxygens (including phenoxy) is 5. The number of carbonyl (C=O) groups excluding carboxylic acids is 4. The second kappa shape index (κ2) is 10.6. The zero-order valence-electron chi connectivity index (χ0n) is 25.1. The lowest BCUT2D eigenvalue weighted by Gasteiger charge is -2.31. The highest BCUT2D eigenvalue weighted by Gasteiger charge is 2.84. The van der Waals surface area contributed by atoms with Gasteiger partial charge < -0.3 is 28.8 Å². The molecule has 0 spiro atoms. The van der Waals surface area contributed by atoms with Crippen LogP contribution in [0.25, 0.3) is 0 Å². The van der Waals surface area contributed by atoms with Crippen LogP contribution in [0.3, 0.4) is 0 Å². The molecular weight excluding hydrogens is 544 g/mol. The van der Waals surface area contributed by atoms with Gasteiger partial charge in [-0.2, -0.15) is 0 Å². The summed E-state index contributed by atoms with van der Waals surface area (Å²) >= 11 is 0. The van der Waals surface area contributed by atoms with Gasteiger partial charge in [-0.25, -0.2) is 4.79 Å².